The molecule has 1 aliphatic heterocycles. The molecule has 0 unspecified atom stereocenters. The summed E-state index contributed by atoms with van der Waals surface area (Å²) < 4.78 is 27.4. The van der Waals surface area contributed by atoms with Crippen LogP contribution in [-0.2, 0) is 4.79 Å². The fourth-order valence-electron chi connectivity index (χ4n) is 3.15. The van der Waals surface area contributed by atoms with E-state index in [1.807, 2.05) is 0 Å². The molecule has 2 N–H and O–H groups in total. The van der Waals surface area contributed by atoms with Crippen LogP contribution in [-0.4, -0.2) is 62.3 Å². The Morgan fingerprint density at radius 1 is 0.971 bits per heavy atom. The van der Waals surface area contributed by atoms with Gasteiger partial charge in [-0.15, -0.1) is 10.2 Å². The second-order valence-electron chi connectivity index (χ2n) is 6.94. The van der Waals surface area contributed by atoms with Crippen LogP contribution in [0.2, 0.25) is 0 Å². The summed E-state index contributed by atoms with van der Waals surface area (Å²) in [4.78, 5) is 25.1. The summed E-state index contributed by atoms with van der Waals surface area (Å²) in [6.07, 6.45) is 0. The highest BCUT2D eigenvalue weighted by molar-refractivity contribution is 8.01. The van der Waals surface area contributed by atoms with Crippen molar-refractivity contribution in [2.24, 2.45) is 0 Å². The number of benzene rings is 2. The smallest absolute Gasteiger partial charge is 0.257 e. The van der Waals surface area contributed by atoms with Crippen molar-refractivity contribution < 1.29 is 33.3 Å². The first-order chi connectivity index (χ1) is 17.0. The molecule has 11 nitrogen and oxygen atoms in total. The van der Waals surface area contributed by atoms with Crippen molar-refractivity contribution >= 4 is 45.7 Å². The molecule has 0 aliphatic carbocycles. The number of rotatable bonds is 9. The van der Waals surface area contributed by atoms with Crippen molar-refractivity contribution in [2.75, 3.05) is 50.9 Å². The predicted molar refractivity (Wildman–Crippen MR) is 131 cm³/mol. The van der Waals surface area contributed by atoms with Gasteiger partial charge >= 0.3 is 0 Å². The van der Waals surface area contributed by atoms with Crippen molar-refractivity contribution in [1.29, 1.82) is 0 Å². The Morgan fingerprint density at radius 2 is 1.69 bits per heavy atom. The molecule has 2 heterocycles. The summed E-state index contributed by atoms with van der Waals surface area (Å²) in [6, 6.07) is 8.30. The molecule has 2 aromatic carbocycles. The number of carbonyl (C=O) groups excluding carboxylic acids is 2. The number of hydrogen-bond acceptors (Lipinski definition) is 11. The number of ether oxygens (including phenoxy) is 5. The molecule has 4 rings (SSSR count). The molecule has 184 valence electrons. The molecule has 35 heavy (non-hydrogen) atoms. The van der Waals surface area contributed by atoms with Gasteiger partial charge in [0.25, 0.3) is 5.91 Å². The number of fused-ring (bicyclic) bond motifs is 1. The topological polar surface area (TPSA) is 130 Å². The van der Waals surface area contributed by atoms with Gasteiger partial charge < -0.3 is 29.0 Å². The van der Waals surface area contributed by atoms with Crippen molar-refractivity contribution in [1.82, 2.24) is 10.2 Å². The number of nitrogens with zero attached hydrogens (tertiary/aromatic N) is 2. The molecule has 3 aromatic rings. The first kappa shape index (κ1) is 24.4. The zero-order chi connectivity index (χ0) is 24.8. The van der Waals surface area contributed by atoms with Gasteiger partial charge in [-0.05, 0) is 24.3 Å². The Hall–Kier alpha value is -3.71. The van der Waals surface area contributed by atoms with E-state index >= 15 is 0 Å². The van der Waals surface area contributed by atoms with Crippen LogP contribution in [0.5, 0.6) is 28.7 Å². The monoisotopic (exact) mass is 518 g/mol. The first-order valence-corrected chi connectivity index (χ1v) is 12.1. The van der Waals surface area contributed by atoms with Crippen molar-refractivity contribution in [3.05, 3.63) is 35.9 Å². The summed E-state index contributed by atoms with van der Waals surface area (Å²) in [5, 5.41) is 13.8. The second-order valence-corrected chi connectivity index (χ2v) is 9.14. The summed E-state index contributed by atoms with van der Waals surface area (Å²) in [5.74, 6) is 1.82. The number of hydrogen-bond donors (Lipinski definition) is 2. The Bertz CT molecular complexity index is 1210. The molecule has 0 atom stereocenters. The van der Waals surface area contributed by atoms with E-state index in [0.717, 1.165) is 11.3 Å². The lowest BCUT2D eigenvalue weighted by Crippen LogP contribution is -2.17. The third-order valence-electron chi connectivity index (χ3n) is 4.71. The van der Waals surface area contributed by atoms with Crippen LogP contribution in [0.25, 0.3) is 0 Å². The highest BCUT2D eigenvalue weighted by Gasteiger charge is 2.19. The molecule has 0 spiro atoms. The minimum atomic E-state index is -0.423. The number of aromatic nitrogens is 2. The average molecular weight is 519 g/mol. The van der Waals surface area contributed by atoms with E-state index in [4.69, 9.17) is 23.7 Å². The summed E-state index contributed by atoms with van der Waals surface area (Å²) in [5.41, 5.74) is 0.901. The molecule has 0 bridgehead atoms. The molecular formula is C22H22N4O7S2. The molecule has 1 aliphatic rings. The summed E-state index contributed by atoms with van der Waals surface area (Å²) in [7, 11) is 4.42. The summed E-state index contributed by atoms with van der Waals surface area (Å²) in [6.45, 7) is 0.970. The van der Waals surface area contributed by atoms with E-state index in [9.17, 15) is 9.59 Å². The van der Waals surface area contributed by atoms with Gasteiger partial charge in [0.15, 0.2) is 27.3 Å². The van der Waals surface area contributed by atoms with Crippen LogP contribution in [0.15, 0.2) is 34.7 Å². The van der Waals surface area contributed by atoms with Gasteiger partial charge in [-0.25, -0.2) is 0 Å². The molecule has 0 saturated heterocycles. The molecule has 0 saturated carbocycles. The van der Waals surface area contributed by atoms with E-state index in [2.05, 4.69) is 20.8 Å². The fraction of sp³-hybridized carbons (Fsp3) is 0.273. The van der Waals surface area contributed by atoms with E-state index in [1.165, 1.54) is 45.2 Å². The molecule has 0 fully saturated rings. The van der Waals surface area contributed by atoms with E-state index < -0.39 is 5.91 Å². The molecule has 13 heteroatoms. The number of nitrogens with one attached hydrogen (secondary N) is 2. The maximum atomic E-state index is 12.7. The van der Waals surface area contributed by atoms with Gasteiger partial charge in [0.05, 0.1) is 27.1 Å². The van der Waals surface area contributed by atoms with Gasteiger partial charge in [0.2, 0.25) is 16.8 Å². The standard InChI is InChI=1S/C22H22N4O7S2/c1-29-16-8-12(9-17(30-2)19(16)31-3)20(28)24-21-25-26-22(35-21)34-11-18(27)23-13-4-5-14-15(10-13)33-7-6-32-14/h4-5,8-10H,6-7,11H2,1-3H3,(H,23,27)(H,24,25,28). The van der Waals surface area contributed by atoms with Crippen LogP contribution in [0.4, 0.5) is 10.8 Å². The number of thioether (sulfide) groups is 1. The average Bonchev–Trinajstić information content (AvgIpc) is 3.33. The first-order valence-electron chi connectivity index (χ1n) is 10.3. The maximum Gasteiger partial charge on any atom is 0.257 e. The van der Waals surface area contributed by atoms with Gasteiger partial charge in [-0.1, -0.05) is 23.1 Å². The Labute approximate surface area is 209 Å². The lowest BCUT2D eigenvalue weighted by molar-refractivity contribution is -0.113. The van der Waals surface area contributed by atoms with Gasteiger partial charge in [-0.3, -0.25) is 14.9 Å². The minimum absolute atomic E-state index is 0.115. The highest BCUT2D eigenvalue weighted by atomic mass is 32.2. The lowest BCUT2D eigenvalue weighted by atomic mass is 10.1. The Morgan fingerprint density at radius 3 is 2.37 bits per heavy atom. The SMILES string of the molecule is COc1cc(C(=O)Nc2nnc(SCC(=O)Nc3ccc4c(c3)OCCO4)s2)cc(OC)c1OC. The number of methoxy groups -OCH3 is 3. The van der Waals surface area contributed by atoms with E-state index in [1.54, 1.807) is 18.2 Å². The zero-order valence-corrected chi connectivity index (χ0v) is 20.7. The molecule has 2 amide bonds. The molecular weight excluding hydrogens is 496 g/mol. The normalized spacial score (nSPS) is 12.0. The minimum Gasteiger partial charge on any atom is -0.493 e. The molecule has 0 radical (unpaired) electrons. The van der Waals surface area contributed by atoms with E-state index in [-0.39, 0.29) is 11.7 Å². The van der Waals surface area contributed by atoms with Crippen LogP contribution in [0.3, 0.4) is 0 Å². The second kappa shape index (κ2) is 11.1. The Balaban J connectivity index is 1.33. The highest BCUT2D eigenvalue weighted by Crippen LogP contribution is 2.38. The number of carbonyl (C=O) groups is 2. The van der Waals surface area contributed by atoms with Gasteiger partial charge in [0, 0.05) is 17.3 Å². The maximum absolute atomic E-state index is 12.7. The van der Waals surface area contributed by atoms with Crippen molar-refractivity contribution in [3.63, 3.8) is 0 Å². The lowest BCUT2D eigenvalue weighted by Gasteiger charge is -2.18. The fourth-order valence-corrected chi connectivity index (χ4v) is 4.69. The Kier molecular flexibility index (Phi) is 7.77. The van der Waals surface area contributed by atoms with Crippen LogP contribution in [0, 0.1) is 0 Å². The zero-order valence-electron chi connectivity index (χ0n) is 19.1. The third kappa shape index (κ3) is 5.87. The molecule has 1 aromatic heterocycles. The van der Waals surface area contributed by atoms with Crippen molar-refractivity contribution in [2.45, 2.75) is 4.34 Å². The number of anilines is 2. The third-order valence-corrected chi connectivity index (χ3v) is 6.68. The van der Waals surface area contributed by atoms with Crippen LogP contribution >= 0.6 is 23.1 Å². The van der Waals surface area contributed by atoms with E-state index in [0.29, 0.717) is 62.7 Å². The quantitative estimate of drug-likeness (QED) is 0.321. The number of amides is 2. The predicted octanol–water partition coefficient (Wildman–Crippen LogP) is 3.32. The van der Waals surface area contributed by atoms with Gasteiger partial charge in [-0.2, -0.15) is 0 Å². The summed E-state index contributed by atoms with van der Waals surface area (Å²) >= 11 is 2.36. The van der Waals surface area contributed by atoms with Crippen LogP contribution in [0.1, 0.15) is 10.4 Å². The van der Waals surface area contributed by atoms with Gasteiger partial charge in [0.1, 0.15) is 13.2 Å². The van der Waals surface area contributed by atoms with Crippen molar-refractivity contribution in [3.8, 4) is 28.7 Å². The van der Waals surface area contributed by atoms with Crippen LogP contribution < -0.4 is 34.3 Å². The largest absolute Gasteiger partial charge is 0.493 e.